The van der Waals surface area contributed by atoms with Gasteiger partial charge in [-0.3, -0.25) is 14.9 Å². The van der Waals surface area contributed by atoms with E-state index in [9.17, 15) is 27.2 Å². The topological polar surface area (TPSA) is 178 Å². The molecular weight excluding hydrogens is 433 g/mol. The van der Waals surface area contributed by atoms with Gasteiger partial charge in [-0.05, 0) is 18.2 Å². The maximum absolute atomic E-state index is 14.2. The number of anilines is 2. The van der Waals surface area contributed by atoms with Crippen molar-refractivity contribution < 1.29 is 37.4 Å². The Bertz CT molecular complexity index is 1060. The standard InChI is InChI=1S/C14H14FN5O7S2/c1-20(18-14(24)25)5-10(21)17-9-3-2-7(4-8(9)15)29(26,27)19-12-11(13(22)23)16-6-28-12/h2-4,6,18-19H,5H2,1H3,(H,17,21)(H,22,23)(H,24,25). The minimum atomic E-state index is -4.32. The van der Waals surface area contributed by atoms with Gasteiger partial charge in [0.1, 0.15) is 10.8 Å². The lowest BCUT2D eigenvalue weighted by molar-refractivity contribution is -0.117. The summed E-state index contributed by atoms with van der Waals surface area (Å²) in [5.41, 5.74) is 2.20. The van der Waals surface area contributed by atoms with Crippen molar-refractivity contribution in [3.63, 3.8) is 0 Å². The summed E-state index contributed by atoms with van der Waals surface area (Å²) >= 11 is 0.740. The van der Waals surface area contributed by atoms with Crippen molar-refractivity contribution >= 4 is 50.0 Å². The molecule has 0 unspecified atom stereocenters. The summed E-state index contributed by atoms with van der Waals surface area (Å²) in [7, 11) is -3.04. The molecule has 0 spiro atoms. The van der Waals surface area contributed by atoms with Gasteiger partial charge in [0.15, 0.2) is 5.69 Å². The van der Waals surface area contributed by atoms with E-state index in [-0.39, 0.29) is 10.7 Å². The summed E-state index contributed by atoms with van der Waals surface area (Å²) in [4.78, 5) is 36.3. The first-order chi connectivity index (χ1) is 13.5. The molecule has 1 aromatic carbocycles. The quantitative estimate of drug-likeness (QED) is 0.367. The third-order valence-electron chi connectivity index (χ3n) is 3.19. The van der Waals surface area contributed by atoms with Crippen LogP contribution in [0.2, 0.25) is 0 Å². The van der Waals surface area contributed by atoms with Crippen LogP contribution in [0.3, 0.4) is 0 Å². The molecule has 2 aromatic rings. The second kappa shape index (κ2) is 8.80. The van der Waals surface area contributed by atoms with Crippen LogP contribution in [0, 0.1) is 5.82 Å². The number of likely N-dealkylation sites (N-methyl/N-ethyl adjacent to an activating group) is 1. The number of rotatable bonds is 8. The molecule has 15 heteroatoms. The van der Waals surface area contributed by atoms with Crippen molar-refractivity contribution in [3.05, 3.63) is 35.2 Å². The summed E-state index contributed by atoms with van der Waals surface area (Å²) in [6, 6.07) is 2.64. The van der Waals surface area contributed by atoms with Crippen LogP contribution in [0.5, 0.6) is 0 Å². The highest BCUT2D eigenvalue weighted by atomic mass is 32.2. The molecule has 1 heterocycles. The van der Waals surface area contributed by atoms with Gasteiger partial charge in [0.2, 0.25) is 5.91 Å². The molecule has 0 aliphatic rings. The average molecular weight is 447 g/mol. The number of carboxylic acid groups (broad SMARTS) is 2. The normalized spacial score (nSPS) is 11.1. The van der Waals surface area contributed by atoms with Crippen molar-refractivity contribution in [2.75, 3.05) is 23.6 Å². The first-order valence-electron chi connectivity index (χ1n) is 7.49. The average Bonchev–Trinajstić information content (AvgIpc) is 3.03. The highest BCUT2D eigenvalue weighted by Gasteiger charge is 2.22. The predicted octanol–water partition coefficient (Wildman–Crippen LogP) is 0.834. The lowest BCUT2D eigenvalue weighted by Crippen LogP contribution is -2.42. The number of hydrogen-bond donors (Lipinski definition) is 5. The second-order valence-electron chi connectivity index (χ2n) is 5.40. The zero-order valence-corrected chi connectivity index (χ0v) is 16.2. The Morgan fingerprint density at radius 1 is 1.28 bits per heavy atom. The zero-order chi connectivity index (χ0) is 21.8. The van der Waals surface area contributed by atoms with Gasteiger partial charge in [0, 0.05) is 7.05 Å². The fraction of sp³-hybridized carbons (Fsp3) is 0.143. The van der Waals surface area contributed by atoms with E-state index in [1.54, 1.807) is 0 Å². The first kappa shape index (κ1) is 22.0. The predicted molar refractivity (Wildman–Crippen MR) is 98.7 cm³/mol. The number of carbonyl (C=O) groups excluding carboxylic acids is 1. The number of thiazole rings is 1. The molecule has 0 fully saturated rings. The van der Waals surface area contributed by atoms with E-state index in [1.165, 1.54) is 7.05 Å². The summed E-state index contributed by atoms with van der Waals surface area (Å²) in [6.07, 6.45) is -1.39. The van der Waals surface area contributed by atoms with E-state index in [1.807, 2.05) is 10.1 Å². The van der Waals surface area contributed by atoms with Crippen molar-refractivity contribution in [3.8, 4) is 0 Å². The van der Waals surface area contributed by atoms with Crippen LogP contribution >= 0.6 is 11.3 Å². The number of hydrogen-bond acceptors (Lipinski definition) is 8. The summed E-state index contributed by atoms with van der Waals surface area (Å²) < 4.78 is 41.0. The van der Waals surface area contributed by atoms with E-state index in [2.05, 4.69) is 10.3 Å². The van der Waals surface area contributed by atoms with Crippen LogP contribution in [0.15, 0.2) is 28.6 Å². The van der Waals surface area contributed by atoms with Crippen molar-refractivity contribution in [1.29, 1.82) is 0 Å². The molecule has 0 aliphatic carbocycles. The van der Waals surface area contributed by atoms with Crippen LogP contribution in [-0.4, -0.2) is 60.2 Å². The molecular formula is C14H14FN5O7S2. The maximum Gasteiger partial charge on any atom is 0.419 e. The Balaban J connectivity index is 2.13. The Labute approximate surface area is 167 Å². The van der Waals surface area contributed by atoms with Gasteiger partial charge in [-0.2, -0.15) is 0 Å². The minimum Gasteiger partial charge on any atom is -0.476 e. The molecule has 2 amide bonds. The van der Waals surface area contributed by atoms with Gasteiger partial charge in [-0.25, -0.2) is 32.4 Å². The Morgan fingerprint density at radius 3 is 2.55 bits per heavy atom. The summed E-state index contributed by atoms with van der Waals surface area (Å²) in [5, 5.41) is 20.4. The largest absolute Gasteiger partial charge is 0.476 e. The highest BCUT2D eigenvalue weighted by molar-refractivity contribution is 7.93. The van der Waals surface area contributed by atoms with Gasteiger partial charge < -0.3 is 15.5 Å². The van der Waals surface area contributed by atoms with Gasteiger partial charge in [-0.15, -0.1) is 11.3 Å². The highest BCUT2D eigenvalue weighted by Crippen LogP contribution is 2.25. The van der Waals surface area contributed by atoms with Crippen molar-refractivity contribution in [2.45, 2.75) is 4.90 Å². The number of nitrogens with one attached hydrogen (secondary N) is 3. The number of hydrazine groups is 1. The van der Waals surface area contributed by atoms with Crippen LogP contribution in [0.1, 0.15) is 10.5 Å². The zero-order valence-electron chi connectivity index (χ0n) is 14.5. The van der Waals surface area contributed by atoms with Gasteiger partial charge in [-0.1, -0.05) is 0 Å². The van der Waals surface area contributed by atoms with Crippen LogP contribution < -0.4 is 15.5 Å². The number of halogens is 1. The number of aromatic carboxylic acids is 1. The number of aromatic nitrogens is 1. The number of carbonyl (C=O) groups is 3. The van der Waals surface area contributed by atoms with Gasteiger partial charge >= 0.3 is 12.1 Å². The van der Waals surface area contributed by atoms with Crippen molar-refractivity contribution in [1.82, 2.24) is 15.4 Å². The molecule has 12 nitrogen and oxygen atoms in total. The minimum absolute atomic E-state index is 0.246. The molecule has 2 rings (SSSR count). The molecule has 5 N–H and O–H groups in total. The third kappa shape index (κ3) is 5.84. The fourth-order valence-corrected chi connectivity index (χ4v) is 4.03. The van der Waals surface area contributed by atoms with Gasteiger partial charge in [0.25, 0.3) is 10.0 Å². The molecule has 29 heavy (non-hydrogen) atoms. The lowest BCUT2D eigenvalue weighted by atomic mass is 10.3. The molecule has 156 valence electrons. The Morgan fingerprint density at radius 2 is 1.97 bits per heavy atom. The SMILES string of the molecule is CN(CC(=O)Nc1ccc(S(=O)(=O)Nc2scnc2C(=O)O)cc1F)NC(=O)O. The Kier molecular flexibility index (Phi) is 6.68. The first-order valence-corrected chi connectivity index (χ1v) is 9.85. The lowest BCUT2D eigenvalue weighted by Gasteiger charge is -2.15. The summed E-state index contributed by atoms with van der Waals surface area (Å²) in [5.74, 6) is -3.27. The number of sulfonamides is 1. The van der Waals surface area contributed by atoms with Crippen LogP contribution in [0.25, 0.3) is 0 Å². The molecule has 1 aromatic heterocycles. The van der Waals surface area contributed by atoms with E-state index in [4.69, 9.17) is 10.2 Å². The summed E-state index contributed by atoms with van der Waals surface area (Å²) in [6.45, 7) is -0.434. The molecule has 0 saturated carbocycles. The van der Waals surface area contributed by atoms with E-state index in [0.29, 0.717) is 6.07 Å². The van der Waals surface area contributed by atoms with Crippen LogP contribution in [0.4, 0.5) is 19.9 Å². The second-order valence-corrected chi connectivity index (χ2v) is 7.94. The molecule has 0 atom stereocenters. The molecule has 0 radical (unpaired) electrons. The van der Waals surface area contributed by atoms with Crippen molar-refractivity contribution in [2.24, 2.45) is 0 Å². The number of nitrogens with zero attached hydrogens (tertiary/aromatic N) is 2. The molecule has 0 aliphatic heterocycles. The third-order valence-corrected chi connectivity index (χ3v) is 5.41. The van der Waals surface area contributed by atoms with E-state index in [0.717, 1.165) is 34.0 Å². The van der Waals surface area contributed by atoms with Gasteiger partial charge in [0.05, 0.1) is 22.6 Å². The monoisotopic (exact) mass is 447 g/mol. The van der Waals surface area contributed by atoms with Crippen LogP contribution in [-0.2, 0) is 14.8 Å². The number of benzene rings is 1. The smallest absolute Gasteiger partial charge is 0.419 e. The molecule has 0 bridgehead atoms. The number of carboxylic acids is 1. The Hall–Kier alpha value is -3.30. The fourth-order valence-electron chi connectivity index (χ4n) is 2.02. The van der Waals surface area contributed by atoms with E-state index < -0.39 is 50.9 Å². The number of amides is 2. The molecule has 0 saturated heterocycles. The maximum atomic E-state index is 14.2. The van der Waals surface area contributed by atoms with E-state index >= 15 is 0 Å².